The molecule has 0 fully saturated rings. The van der Waals surface area contributed by atoms with Crippen molar-refractivity contribution in [3.05, 3.63) is 72.0 Å². The molecule has 5 rings (SSSR count). The number of aryl methyl sites for hydroxylation is 1. The van der Waals surface area contributed by atoms with Gasteiger partial charge in [0, 0.05) is 42.4 Å². The molecule has 0 atom stereocenters. The first-order valence-corrected chi connectivity index (χ1v) is 11.4. The van der Waals surface area contributed by atoms with Crippen LogP contribution in [0.25, 0.3) is 27.7 Å². The van der Waals surface area contributed by atoms with Crippen LogP contribution in [0.5, 0.6) is 5.75 Å². The van der Waals surface area contributed by atoms with Crippen molar-refractivity contribution in [2.24, 2.45) is 0 Å². The van der Waals surface area contributed by atoms with Crippen molar-refractivity contribution in [2.45, 2.75) is 25.8 Å². The third-order valence-electron chi connectivity index (χ3n) is 6.25. The van der Waals surface area contributed by atoms with Crippen LogP contribution in [-0.4, -0.2) is 46.0 Å². The number of halogens is 3. The number of fused-ring (bicyclic) bond motifs is 1. The smallest absolute Gasteiger partial charge is 0.295 e. The first-order chi connectivity index (χ1) is 17.5. The van der Waals surface area contributed by atoms with E-state index in [-0.39, 0.29) is 35.4 Å². The van der Waals surface area contributed by atoms with E-state index < -0.39 is 18.0 Å². The standard InChI is InChI=1S/C26H23F3N4O3/c1-35-21-7-3-2-6-17(21)19-13-18(24(27)20-14-22(26(28)29)36-25(19)20)16-5-4-10-32(15-16)23(34)8-11-33-12-9-30-31-33/h2-3,5-7,9,12-14,26H,4,8,10-11,15H2,1H3. The molecule has 2 aromatic heterocycles. The first-order valence-electron chi connectivity index (χ1n) is 11.4. The predicted octanol–water partition coefficient (Wildman–Crippen LogP) is 5.48. The lowest BCUT2D eigenvalue weighted by Gasteiger charge is -2.28. The summed E-state index contributed by atoms with van der Waals surface area (Å²) in [6, 6.07) is 9.68. The minimum Gasteiger partial charge on any atom is -0.496 e. The summed E-state index contributed by atoms with van der Waals surface area (Å²) >= 11 is 0. The van der Waals surface area contributed by atoms with Gasteiger partial charge in [0.05, 0.1) is 25.2 Å². The Bertz CT molecular complexity index is 1430. The third kappa shape index (κ3) is 4.46. The van der Waals surface area contributed by atoms with E-state index in [9.17, 15) is 13.6 Å². The largest absolute Gasteiger partial charge is 0.496 e. The fourth-order valence-electron chi connectivity index (χ4n) is 4.47. The summed E-state index contributed by atoms with van der Waals surface area (Å²) in [6.07, 6.45) is 2.98. The molecule has 0 N–H and O–H groups in total. The molecule has 3 heterocycles. The van der Waals surface area contributed by atoms with Crippen LogP contribution in [0.15, 0.2) is 59.3 Å². The van der Waals surface area contributed by atoms with Crippen LogP contribution in [0.2, 0.25) is 0 Å². The molecule has 0 bridgehead atoms. The number of furan rings is 1. The van der Waals surface area contributed by atoms with Gasteiger partial charge in [-0.25, -0.2) is 13.2 Å². The van der Waals surface area contributed by atoms with E-state index in [1.54, 1.807) is 52.3 Å². The minimum atomic E-state index is -2.89. The second-order valence-electron chi connectivity index (χ2n) is 8.43. The Morgan fingerprint density at radius 2 is 2.03 bits per heavy atom. The van der Waals surface area contributed by atoms with E-state index in [0.717, 1.165) is 6.07 Å². The van der Waals surface area contributed by atoms with Crippen molar-refractivity contribution in [3.8, 4) is 16.9 Å². The number of carbonyl (C=O) groups is 1. The van der Waals surface area contributed by atoms with Crippen LogP contribution < -0.4 is 4.74 Å². The average Bonchev–Trinajstić information content (AvgIpc) is 3.58. The van der Waals surface area contributed by atoms with Gasteiger partial charge >= 0.3 is 0 Å². The summed E-state index contributed by atoms with van der Waals surface area (Å²) in [6.45, 7) is 1.09. The molecule has 186 valence electrons. The number of hydrogen-bond donors (Lipinski definition) is 0. The van der Waals surface area contributed by atoms with Gasteiger partial charge in [0.1, 0.15) is 17.1 Å². The number of alkyl halides is 2. The van der Waals surface area contributed by atoms with Crippen LogP contribution in [0.4, 0.5) is 13.2 Å². The zero-order valence-electron chi connectivity index (χ0n) is 19.5. The number of ether oxygens (including phenoxy) is 1. The summed E-state index contributed by atoms with van der Waals surface area (Å²) < 4.78 is 55.2. The zero-order valence-corrected chi connectivity index (χ0v) is 19.5. The number of carbonyl (C=O) groups excluding carboxylic acids is 1. The molecule has 0 spiro atoms. The van der Waals surface area contributed by atoms with Crippen molar-refractivity contribution in [2.75, 3.05) is 20.2 Å². The van der Waals surface area contributed by atoms with Crippen molar-refractivity contribution in [1.29, 1.82) is 0 Å². The van der Waals surface area contributed by atoms with Gasteiger partial charge in [-0.2, -0.15) is 0 Å². The van der Waals surface area contributed by atoms with Gasteiger partial charge in [0.15, 0.2) is 5.76 Å². The molecule has 4 aromatic rings. The average molecular weight is 496 g/mol. The molecular weight excluding hydrogens is 473 g/mol. The highest BCUT2D eigenvalue weighted by molar-refractivity contribution is 5.98. The molecule has 0 aliphatic carbocycles. The third-order valence-corrected chi connectivity index (χ3v) is 6.25. The van der Waals surface area contributed by atoms with E-state index in [4.69, 9.17) is 9.15 Å². The lowest BCUT2D eigenvalue weighted by molar-refractivity contribution is -0.131. The fraction of sp³-hybridized carbons (Fsp3) is 0.269. The minimum absolute atomic E-state index is 0.0215. The molecule has 1 aliphatic heterocycles. The SMILES string of the molecule is COc1ccccc1-c1cc(C2=CCCN(C(=O)CCn3ccnn3)C2)c(F)c2cc(C(F)F)oc12. The van der Waals surface area contributed by atoms with Crippen LogP contribution in [-0.2, 0) is 11.3 Å². The topological polar surface area (TPSA) is 73.4 Å². The Morgan fingerprint density at radius 1 is 1.19 bits per heavy atom. The number of hydrogen-bond acceptors (Lipinski definition) is 5. The van der Waals surface area contributed by atoms with Gasteiger partial charge in [-0.3, -0.25) is 9.48 Å². The van der Waals surface area contributed by atoms with Crippen LogP contribution in [0, 0.1) is 5.82 Å². The van der Waals surface area contributed by atoms with Gasteiger partial charge < -0.3 is 14.1 Å². The van der Waals surface area contributed by atoms with Crippen molar-refractivity contribution < 1.29 is 27.1 Å². The predicted molar refractivity (Wildman–Crippen MR) is 127 cm³/mol. The van der Waals surface area contributed by atoms with E-state index >= 15 is 4.39 Å². The number of nitrogens with zero attached hydrogens (tertiary/aromatic N) is 4. The van der Waals surface area contributed by atoms with E-state index in [2.05, 4.69) is 10.3 Å². The molecule has 0 unspecified atom stereocenters. The van der Waals surface area contributed by atoms with Crippen LogP contribution in [0.1, 0.15) is 30.6 Å². The highest BCUT2D eigenvalue weighted by atomic mass is 19.3. The Hall–Kier alpha value is -4.08. The summed E-state index contributed by atoms with van der Waals surface area (Å²) in [4.78, 5) is 14.5. The Labute approximate surface area is 204 Å². The lowest BCUT2D eigenvalue weighted by Crippen LogP contribution is -2.36. The molecule has 1 aliphatic rings. The number of aromatic nitrogens is 3. The summed E-state index contributed by atoms with van der Waals surface area (Å²) in [5, 5.41) is 7.55. The van der Waals surface area contributed by atoms with E-state index in [1.807, 2.05) is 6.08 Å². The molecule has 0 saturated carbocycles. The van der Waals surface area contributed by atoms with Gasteiger partial charge in [0.2, 0.25) is 5.91 Å². The lowest BCUT2D eigenvalue weighted by atomic mass is 9.93. The van der Waals surface area contributed by atoms with Crippen molar-refractivity contribution in [1.82, 2.24) is 19.9 Å². The zero-order chi connectivity index (χ0) is 25.2. The molecular formula is C26H23F3N4O3. The van der Waals surface area contributed by atoms with Gasteiger partial charge in [0.25, 0.3) is 6.43 Å². The molecule has 36 heavy (non-hydrogen) atoms. The Balaban J connectivity index is 1.53. The maximum atomic E-state index is 15.8. The molecule has 0 saturated heterocycles. The molecule has 10 heteroatoms. The maximum absolute atomic E-state index is 15.8. The van der Waals surface area contributed by atoms with E-state index in [0.29, 0.717) is 42.0 Å². The quantitative estimate of drug-likeness (QED) is 0.339. The van der Waals surface area contributed by atoms with Gasteiger partial charge in [-0.05, 0) is 30.2 Å². The highest BCUT2D eigenvalue weighted by Crippen LogP contribution is 2.42. The Kier molecular flexibility index (Phi) is 6.49. The molecule has 0 radical (unpaired) electrons. The highest BCUT2D eigenvalue weighted by Gasteiger charge is 2.26. The first kappa shape index (κ1) is 23.7. The van der Waals surface area contributed by atoms with Crippen LogP contribution >= 0.6 is 0 Å². The number of para-hydroxylation sites is 1. The van der Waals surface area contributed by atoms with Gasteiger partial charge in [-0.1, -0.05) is 29.5 Å². The van der Waals surface area contributed by atoms with E-state index in [1.165, 1.54) is 7.11 Å². The maximum Gasteiger partial charge on any atom is 0.295 e. The number of methoxy groups -OCH3 is 1. The number of amides is 1. The molecule has 1 amide bonds. The van der Waals surface area contributed by atoms with Gasteiger partial charge in [-0.15, -0.1) is 5.10 Å². The summed E-state index contributed by atoms with van der Waals surface area (Å²) in [5.74, 6) is -0.873. The number of benzene rings is 2. The monoisotopic (exact) mass is 496 g/mol. The van der Waals surface area contributed by atoms with Crippen molar-refractivity contribution in [3.63, 3.8) is 0 Å². The number of rotatable bonds is 7. The van der Waals surface area contributed by atoms with Crippen LogP contribution in [0.3, 0.4) is 0 Å². The fourth-order valence-corrected chi connectivity index (χ4v) is 4.47. The normalized spacial score (nSPS) is 13.9. The molecule has 7 nitrogen and oxygen atoms in total. The summed E-state index contributed by atoms with van der Waals surface area (Å²) in [5.41, 5.74) is 1.87. The second-order valence-corrected chi connectivity index (χ2v) is 8.43. The Morgan fingerprint density at radius 3 is 2.78 bits per heavy atom. The summed E-state index contributed by atoms with van der Waals surface area (Å²) in [7, 11) is 1.50. The molecule has 2 aromatic carbocycles. The second kappa shape index (κ2) is 9.88. The van der Waals surface area contributed by atoms with Crippen molar-refractivity contribution >= 4 is 22.4 Å².